The second-order valence-corrected chi connectivity index (χ2v) is 7.85. The standard InChI is InChI=1S/C19H22ClN3O3/c20-14-5-3-13(4-6-14)19(8-1-2-9-19)17(25)22-10-7-15(12-22)23-16(24)11-21-18(23)26/h3-6,15H,1-2,7-12H2,(H,21,26). The lowest BCUT2D eigenvalue weighted by atomic mass is 9.77. The van der Waals surface area contributed by atoms with Crippen LogP contribution in [0.25, 0.3) is 0 Å². The number of carbonyl (C=O) groups excluding carboxylic acids is 3. The van der Waals surface area contributed by atoms with Gasteiger partial charge in [0.25, 0.3) is 0 Å². The van der Waals surface area contributed by atoms with Gasteiger partial charge in [-0.1, -0.05) is 36.6 Å². The van der Waals surface area contributed by atoms with Crippen LogP contribution in [0.1, 0.15) is 37.7 Å². The first kappa shape index (κ1) is 17.3. The Morgan fingerprint density at radius 3 is 2.46 bits per heavy atom. The second-order valence-electron chi connectivity index (χ2n) is 7.41. The third-order valence-electron chi connectivity index (χ3n) is 5.96. The van der Waals surface area contributed by atoms with Gasteiger partial charge in [0.15, 0.2) is 0 Å². The number of benzene rings is 1. The maximum absolute atomic E-state index is 13.5. The number of likely N-dealkylation sites (tertiary alicyclic amines) is 1. The van der Waals surface area contributed by atoms with Crippen molar-refractivity contribution < 1.29 is 14.4 Å². The number of hydrogen-bond donors (Lipinski definition) is 1. The summed E-state index contributed by atoms with van der Waals surface area (Å²) in [6.45, 7) is 1.06. The van der Waals surface area contributed by atoms with E-state index in [4.69, 9.17) is 11.6 Å². The van der Waals surface area contributed by atoms with Crippen molar-refractivity contribution in [2.45, 2.75) is 43.6 Å². The van der Waals surface area contributed by atoms with Crippen LogP contribution in [0.2, 0.25) is 5.02 Å². The van der Waals surface area contributed by atoms with Crippen LogP contribution in [0.4, 0.5) is 4.79 Å². The van der Waals surface area contributed by atoms with Crippen molar-refractivity contribution in [3.8, 4) is 0 Å². The fraction of sp³-hybridized carbons (Fsp3) is 0.526. The van der Waals surface area contributed by atoms with Crippen molar-refractivity contribution in [2.75, 3.05) is 19.6 Å². The highest BCUT2D eigenvalue weighted by Gasteiger charge is 2.48. The predicted octanol–water partition coefficient (Wildman–Crippen LogP) is 2.30. The van der Waals surface area contributed by atoms with Crippen molar-refractivity contribution in [1.29, 1.82) is 0 Å². The molecule has 1 N–H and O–H groups in total. The van der Waals surface area contributed by atoms with Gasteiger partial charge in [-0.2, -0.15) is 0 Å². The van der Waals surface area contributed by atoms with Gasteiger partial charge in [-0.15, -0.1) is 0 Å². The molecule has 1 saturated carbocycles. The van der Waals surface area contributed by atoms with Gasteiger partial charge < -0.3 is 10.2 Å². The van der Waals surface area contributed by atoms with E-state index in [1.807, 2.05) is 29.2 Å². The summed E-state index contributed by atoms with van der Waals surface area (Å²) in [7, 11) is 0. The number of urea groups is 1. The number of halogens is 1. The van der Waals surface area contributed by atoms with E-state index in [2.05, 4.69) is 5.32 Å². The fourth-order valence-electron chi connectivity index (χ4n) is 4.62. The molecule has 2 aliphatic heterocycles. The minimum absolute atomic E-state index is 0.0536. The fourth-order valence-corrected chi connectivity index (χ4v) is 4.74. The summed E-state index contributed by atoms with van der Waals surface area (Å²) in [6.07, 6.45) is 4.36. The van der Waals surface area contributed by atoms with Gasteiger partial charge in [0.2, 0.25) is 11.8 Å². The van der Waals surface area contributed by atoms with Crippen LogP contribution in [0.5, 0.6) is 0 Å². The molecule has 2 saturated heterocycles. The Hall–Kier alpha value is -2.08. The number of nitrogens with zero attached hydrogens (tertiary/aromatic N) is 2. The Morgan fingerprint density at radius 1 is 1.15 bits per heavy atom. The van der Waals surface area contributed by atoms with E-state index in [9.17, 15) is 14.4 Å². The number of nitrogens with one attached hydrogen (secondary N) is 1. The molecule has 1 unspecified atom stereocenters. The lowest BCUT2D eigenvalue weighted by Crippen LogP contribution is -2.47. The van der Waals surface area contributed by atoms with Crippen molar-refractivity contribution in [3.63, 3.8) is 0 Å². The summed E-state index contributed by atoms with van der Waals surface area (Å²) in [4.78, 5) is 40.4. The summed E-state index contributed by atoms with van der Waals surface area (Å²) in [5, 5.41) is 3.22. The Balaban J connectivity index is 1.55. The molecule has 0 radical (unpaired) electrons. The normalized spacial score (nSPS) is 25.0. The van der Waals surface area contributed by atoms with E-state index in [1.54, 1.807) is 0 Å². The van der Waals surface area contributed by atoms with Crippen LogP contribution >= 0.6 is 11.6 Å². The van der Waals surface area contributed by atoms with E-state index in [1.165, 1.54) is 4.90 Å². The molecule has 0 bridgehead atoms. The van der Waals surface area contributed by atoms with Crippen LogP contribution in [0.3, 0.4) is 0 Å². The highest BCUT2D eigenvalue weighted by atomic mass is 35.5. The van der Waals surface area contributed by atoms with E-state index in [-0.39, 0.29) is 30.4 Å². The highest BCUT2D eigenvalue weighted by Crippen LogP contribution is 2.43. The molecule has 1 aromatic carbocycles. The van der Waals surface area contributed by atoms with Crippen LogP contribution in [-0.4, -0.2) is 53.3 Å². The minimum atomic E-state index is -0.503. The Kier molecular flexibility index (Phi) is 4.39. The smallest absolute Gasteiger partial charge is 0.324 e. The Labute approximate surface area is 157 Å². The zero-order valence-corrected chi connectivity index (χ0v) is 15.3. The molecule has 138 valence electrons. The largest absolute Gasteiger partial charge is 0.340 e. The minimum Gasteiger partial charge on any atom is -0.340 e. The van der Waals surface area contributed by atoms with Crippen molar-refractivity contribution in [2.24, 2.45) is 0 Å². The van der Waals surface area contributed by atoms with Crippen LogP contribution in [0.15, 0.2) is 24.3 Å². The van der Waals surface area contributed by atoms with Crippen molar-refractivity contribution in [3.05, 3.63) is 34.9 Å². The van der Waals surface area contributed by atoms with Gasteiger partial charge in [0.1, 0.15) is 0 Å². The molecule has 2 heterocycles. The molecule has 1 atom stereocenters. The average Bonchev–Trinajstić information content (AvgIpc) is 3.36. The summed E-state index contributed by atoms with van der Waals surface area (Å²) in [5.41, 5.74) is 0.513. The average molecular weight is 376 g/mol. The summed E-state index contributed by atoms with van der Waals surface area (Å²) < 4.78 is 0. The molecule has 26 heavy (non-hydrogen) atoms. The van der Waals surface area contributed by atoms with Crippen molar-refractivity contribution in [1.82, 2.24) is 15.1 Å². The number of hydrogen-bond acceptors (Lipinski definition) is 3. The lowest BCUT2D eigenvalue weighted by Gasteiger charge is -2.33. The summed E-state index contributed by atoms with van der Waals surface area (Å²) >= 11 is 6.02. The van der Waals surface area contributed by atoms with Crippen LogP contribution < -0.4 is 5.32 Å². The third-order valence-corrected chi connectivity index (χ3v) is 6.21. The quantitative estimate of drug-likeness (QED) is 0.824. The van der Waals surface area contributed by atoms with Gasteiger partial charge in [0, 0.05) is 18.1 Å². The lowest BCUT2D eigenvalue weighted by molar-refractivity contribution is -0.137. The molecule has 0 spiro atoms. The van der Waals surface area contributed by atoms with Crippen LogP contribution in [0, 0.1) is 0 Å². The number of amides is 4. The first-order valence-electron chi connectivity index (χ1n) is 9.16. The first-order chi connectivity index (χ1) is 12.5. The maximum atomic E-state index is 13.5. The molecule has 6 nitrogen and oxygen atoms in total. The third kappa shape index (κ3) is 2.76. The highest BCUT2D eigenvalue weighted by molar-refractivity contribution is 6.30. The SMILES string of the molecule is O=C1CNC(=O)N1C1CCN(C(=O)C2(c3ccc(Cl)cc3)CCCC2)C1. The molecule has 4 rings (SSSR count). The summed E-state index contributed by atoms with van der Waals surface area (Å²) in [5.74, 6) is -0.0885. The Bertz CT molecular complexity index is 727. The first-order valence-corrected chi connectivity index (χ1v) is 9.54. The topological polar surface area (TPSA) is 69.7 Å². The maximum Gasteiger partial charge on any atom is 0.324 e. The molecule has 4 amide bonds. The van der Waals surface area contributed by atoms with Gasteiger partial charge >= 0.3 is 6.03 Å². The zero-order valence-electron chi connectivity index (χ0n) is 14.5. The van der Waals surface area contributed by atoms with E-state index < -0.39 is 5.41 Å². The molecular formula is C19H22ClN3O3. The summed E-state index contributed by atoms with van der Waals surface area (Å²) in [6, 6.07) is 7.02. The van der Waals surface area contributed by atoms with Gasteiger partial charge in [0.05, 0.1) is 18.0 Å². The van der Waals surface area contributed by atoms with Gasteiger partial charge in [-0.05, 0) is 37.0 Å². The van der Waals surface area contributed by atoms with Crippen molar-refractivity contribution >= 4 is 29.4 Å². The number of carbonyl (C=O) groups is 3. The molecule has 0 aromatic heterocycles. The Morgan fingerprint density at radius 2 is 1.85 bits per heavy atom. The molecular weight excluding hydrogens is 354 g/mol. The van der Waals surface area contributed by atoms with Crippen LogP contribution in [-0.2, 0) is 15.0 Å². The molecule has 3 fully saturated rings. The molecule has 7 heteroatoms. The zero-order chi connectivity index (χ0) is 18.3. The second kappa shape index (κ2) is 6.58. The molecule has 3 aliphatic rings. The van der Waals surface area contributed by atoms with Gasteiger partial charge in [-0.3, -0.25) is 14.5 Å². The predicted molar refractivity (Wildman–Crippen MR) is 96.8 cm³/mol. The van der Waals surface area contributed by atoms with E-state index in [0.717, 1.165) is 31.2 Å². The van der Waals surface area contributed by atoms with E-state index >= 15 is 0 Å². The molecule has 1 aromatic rings. The monoisotopic (exact) mass is 375 g/mol. The number of rotatable bonds is 3. The van der Waals surface area contributed by atoms with Gasteiger partial charge in [-0.25, -0.2) is 4.79 Å². The molecule has 1 aliphatic carbocycles. The van der Waals surface area contributed by atoms with E-state index in [0.29, 0.717) is 24.5 Å². The number of imide groups is 1.